The van der Waals surface area contributed by atoms with Gasteiger partial charge in [-0.2, -0.15) is 4.31 Å². The molecular weight excluding hydrogens is 412 g/mol. The van der Waals surface area contributed by atoms with E-state index in [4.69, 9.17) is 4.42 Å². The fourth-order valence-corrected chi connectivity index (χ4v) is 4.86. The lowest BCUT2D eigenvalue weighted by Crippen LogP contribution is -2.53. The highest BCUT2D eigenvalue weighted by molar-refractivity contribution is 7.89. The quantitative estimate of drug-likeness (QED) is 0.468. The van der Waals surface area contributed by atoms with Gasteiger partial charge in [0.25, 0.3) is 5.91 Å². The molecule has 0 bridgehead atoms. The molecule has 1 aromatic heterocycles. The van der Waals surface area contributed by atoms with Crippen LogP contribution in [0.3, 0.4) is 0 Å². The first-order chi connectivity index (χ1) is 14.1. The number of ketones is 1. The van der Waals surface area contributed by atoms with Crippen LogP contribution >= 0.6 is 0 Å². The van der Waals surface area contributed by atoms with Crippen molar-refractivity contribution in [3.63, 3.8) is 0 Å². The van der Waals surface area contributed by atoms with Gasteiger partial charge in [-0.15, -0.1) is 0 Å². The number of aryl methyl sites for hydroxylation is 1. The summed E-state index contributed by atoms with van der Waals surface area (Å²) >= 11 is 0. The zero-order valence-corrected chi connectivity index (χ0v) is 16.7. The number of carbonyl (C=O) groups is 2. The van der Waals surface area contributed by atoms with Gasteiger partial charge in [0, 0.05) is 12.6 Å². The second kappa shape index (κ2) is 6.78. The van der Waals surface area contributed by atoms with E-state index in [1.54, 1.807) is 19.1 Å². The predicted molar refractivity (Wildman–Crippen MR) is 107 cm³/mol. The number of carbonyl (C=O) groups excluding carboxylic acids is 2. The van der Waals surface area contributed by atoms with Crippen molar-refractivity contribution in [3.8, 4) is 5.75 Å². The van der Waals surface area contributed by atoms with Crippen LogP contribution in [0.25, 0.3) is 11.0 Å². The Balaban J connectivity index is 1.78. The Hall–Kier alpha value is -3.50. The van der Waals surface area contributed by atoms with Crippen LogP contribution in [0.1, 0.15) is 15.9 Å². The molecule has 1 unspecified atom stereocenters. The van der Waals surface area contributed by atoms with Crippen LogP contribution in [0.2, 0.25) is 0 Å². The molecule has 1 aliphatic heterocycles. The molecule has 0 radical (unpaired) electrons. The van der Waals surface area contributed by atoms with E-state index in [2.05, 4.69) is 5.32 Å². The first kappa shape index (κ1) is 19.8. The molecular formula is C20H16N2O7S. The van der Waals surface area contributed by atoms with E-state index in [0.29, 0.717) is 4.31 Å². The molecule has 0 spiro atoms. The van der Waals surface area contributed by atoms with Gasteiger partial charge in [0.2, 0.25) is 10.0 Å². The van der Waals surface area contributed by atoms with Crippen molar-refractivity contribution in [2.24, 2.45) is 0 Å². The Bertz CT molecular complexity index is 1390. The summed E-state index contributed by atoms with van der Waals surface area (Å²) in [5.74, 6) is -2.37. The summed E-state index contributed by atoms with van der Waals surface area (Å²) in [7, 11) is -3.02. The molecule has 0 saturated carbocycles. The number of nitrogens with one attached hydrogen (secondary N) is 1. The number of benzene rings is 2. The van der Waals surface area contributed by atoms with Crippen molar-refractivity contribution in [2.75, 3.05) is 12.4 Å². The first-order valence-electron chi connectivity index (χ1n) is 8.81. The van der Waals surface area contributed by atoms with Crippen molar-refractivity contribution in [2.45, 2.75) is 17.9 Å². The first-order valence-corrected chi connectivity index (χ1v) is 10.3. The zero-order valence-electron chi connectivity index (χ0n) is 15.9. The van der Waals surface area contributed by atoms with Crippen molar-refractivity contribution >= 4 is 38.4 Å². The van der Waals surface area contributed by atoms with E-state index < -0.39 is 44.8 Å². The minimum Gasteiger partial charge on any atom is -0.505 e. The van der Waals surface area contributed by atoms with Crippen LogP contribution in [0.4, 0.5) is 5.69 Å². The Labute approximate surface area is 170 Å². The predicted octanol–water partition coefficient (Wildman–Crippen LogP) is 1.63. The number of rotatable bonds is 2. The van der Waals surface area contributed by atoms with Gasteiger partial charge in [0.05, 0.1) is 10.3 Å². The number of sulfonamides is 1. The Kier molecular flexibility index (Phi) is 4.48. The van der Waals surface area contributed by atoms with Crippen LogP contribution < -0.4 is 10.9 Å². The molecule has 154 valence electrons. The van der Waals surface area contributed by atoms with Crippen LogP contribution in [-0.2, 0) is 14.8 Å². The van der Waals surface area contributed by atoms with Gasteiger partial charge in [-0.05, 0) is 31.2 Å². The third kappa shape index (κ3) is 2.88. The van der Waals surface area contributed by atoms with Gasteiger partial charge in [-0.25, -0.2) is 13.2 Å². The number of amides is 1. The summed E-state index contributed by atoms with van der Waals surface area (Å²) in [4.78, 5) is 37.8. The molecule has 10 heteroatoms. The van der Waals surface area contributed by atoms with E-state index in [-0.39, 0.29) is 21.4 Å². The molecule has 2 aromatic carbocycles. The van der Waals surface area contributed by atoms with Crippen molar-refractivity contribution in [1.82, 2.24) is 4.31 Å². The number of likely N-dealkylation sites (N-methyl/N-ethyl adjacent to an activating group) is 1. The normalized spacial score (nSPS) is 18.2. The highest BCUT2D eigenvalue weighted by atomic mass is 32.2. The average molecular weight is 428 g/mol. The molecule has 1 amide bonds. The standard InChI is InChI=1S/C20H16N2O7S/c1-10-7-8-13-12(9-10)17(23)15(20(26)29-13)21-19(25)16-18(24)11-5-3-4-6-14(11)30(27,28)22(16)2/h3-9,16,23H,1-2H3,(H,21,25). The maximum Gasteiger partial charge on any atom is 0.364 e. The summed E-state index contributed by atoms with van der Waals surface area (Å²) < 4.78 is 31.2. The minimum absolute atomic E-state index is 0.114. The van der Waals surface area contributed by atoms with Gasteiger partial charge in [-0.3, -0.25) is 9.59 Å². The van der Waals surface area contributed by atoms with Crippen molar-refractivity contribution in [1.29, 1.82) is 0 Å². The van der Waals surface area contributed by atoms with Gasteiger partial charge in [-0.1, -0.05) is 23.8 Å². The third-order valence-electron chi connectivity index (χ3n) is 4.95. The van der Waals surface area contributed by atoms with Crippen LogP contribution in [0.15, 0.2) is 56.6 Å². The maximum atomic E-state index is 12.9. The lowest BCUT2D eigenvalue weighted by Gasteiger charge is -2.30. The van der Waals surface area contributed by atoms with E-state index in [1.807, 2.05) is 0 Å². The fourth-order valence-electron chi connectivity index (χ4n) is 3.39. The summed E-state index contributed by atoms with van der Waals surface area (Å²) in [6, 6.07) is 8.53. The minimum atomic E-state index is -4.11. The van der Waals surface area contributed by atoms with Crippen molar-refractivity contribution in [3.05, 3.63) is 64.0 Å². The summed E-state index contributed by atoms with van der Waals surface area (Å²) in [5, 5.41) is 12.9. The van der Waals surface area contributed by atoms with Crippen molar-refractivity contribution < 1.29 is 27.5 Å². The summed E-state index contributed by atoms with van der Waals surface area (Å²) in [6.45, 7) is 1.76. The number of hydrogen-bond acceptors (Lipinski definition) is 7. The molecule has 0 saturated heterocycles. The molecule has 30 heavy (non-hydrogen) atoms. The monoisotopic (exact) mass is 428 g/mol. The van der Waals surface area contributed by atoms with Crippen LogP contribution in [-0.4, -0.2) is 42.6 Å². The number of anilines is 1. The summed E-state index contributed by atoms with van der Waals surface area (Å²) in [5.41, 5.74) is -0.847. The average Bonchev–Trinajstić information content (AvgIpc) is 2.71. The highest BCUT2D eigenvalue weighted by Gasteiger charge is 2.45. The number of hydrogen-bond donors (Lipinski definition) is 2. The third-order valence-corrected chi connectivity index (χ3v) is 6.83. The van der Waals surface area contributed by atoms with Gasteiger partial charge < -0.3 is 14.8 Å². The SMILES string of the molecule is Cc1ccc2oc(=O)c(NC(=O)C3C(=O)c4ccccc4S(=O)(=O)N3C)c(O)c2c1. The largest absolute Gasteiger partial charge is 0.505 e. The summed E-state index contributed by atoms with van der Waals surface area (Å²) in [6.07, 6.45) is 0. The van der Waals surface area contributed by atoms with Gasteiger partial charge in [0.1, 0.15) is 5.58 Å². The van der Waals surface area contributed by atoms with E-state index in [9.17, 15) is 27.9 Å². The highest BCUT2D eigenvalue weighted by Crippen LogP contribution is 2.32. The molecule has 0 aliphatic carbocycles. The number of Topliss-reactive ketones (excluding diaryl/α,β-unsaturated/α-hetero) is 1. The number of fused-ring (bicyclic) bond motifs is 2. The lowest BCUT2D eigenvalue weighted by atomic mass is 10.0. The fraction of sp³-hybridized carbons (Fsp3) is 0.150. The van der Waals surface area contributed by atoms with E-state index in [0.717, 1.165) is 12.6 Å². The molecule has 0 fully saturated rings. The van der Waals surface area contributed by atoms with Gasteiger partial charge in [0.15, 0.2) is 23.3 Å². The molecule has 1 aliphatic rings. The Morgan fingerprint density at radius 2 is 1.87 bits per heavy atom. The second-order valence-electron chi connectivity index (χ2n) is 6.89. The molecule has 3 aromatic rings. The second-order valence-corrected chi connectivity index (χ2v) is 8.85. The van der Waals surface area contributed by atoms with E-state index >= 15 is 0 Å². The topological polar surface area (TPSA) is 134 Å². The molecule has 1 atom stereocenters. The zero-order chi connectivity index (χ0) is 21.8. The molecule has 9 nitrogen and oxygen atoms in total. The smallest absolute Gasteiger partial charge is 0.364 e. The van der Waals surface area contributed by atoms with Crippen LogP contribution in [0, 0.1) is 6.92 Å². The Morgan fingerprint density at radius 3 is 2.60 bits per heavy atom. The molecule has 2 N–H and O–H groups in total. The van der Waals surface area contributed by atoms with Gasteiger partial charge >= 0.3 is 5.63 Å². The molecule has 4 rings (SSSR count). The molecule has 2 heterocycles. The van der Waals surface area contributed by atoms with Crippen LogP contribution in [0.5, 0.6) is 5.75 Å². The maximum absolute atomic E-state index is 12.9. The Morgan fingerprint density at radius 1 is 1.17 bits per heavy atom. The van der Waals surface area contributed by atoms with E-state index in [1.165, 1.54) is 30.3 Å². The lowest BCUT2D eigenvalue weighted by molar-refractivity contribution is -0.118. The number of aromatic hydroxyl groups is 1. The number of nitrogens with zero attached hydrogens (tertiary/aromatic N) is 1.